The van der Waals surface area contributed by atoms with E-state index in [0.717, 1.165) is 38.6 Å². The number of carbonyl (C=O) groups excluding carboxylic acids is 1. The number of ether oxygens (including phenoxy) is 1. The van der Waals surface area contributed by atoms with Crippen LogP contribution in [-0.4, -0.2) is 32.9 Å². The van der Waals surface area contributed by atoms with Gasteiger partial charge in [0.2, 0.25) is 0 Å². The minimum absolute atomic E-state index is 0.280. The highest BCUT2D eigenvalue weighted by molar-refractivity contribution is 7.13. The van der Waals surface area contributed by atoms with Gasteiger partial charge in [-0.15, -0.1) is 11.3 Å². The number of nitrogens with zero attached hydrogens (tertiary/aromatic N) is 4. The van der Waals surface area contributed by atoms with Crippen LogP contribution in [0.25, 0.3) is 21.6 Å². The van der Waals surface area contributed by atoms with Crippen molar-refractivity contribution in [2.75, 3.05) is 17.9 Å². The molecule has 3 aromatic heterocycles. The molecule has 166 valence electrons. The van der Waals surface area contributed by atoms with Crippen LogP contribution in [0, 0.1) is 6.92 Å². The molecule has 0 radical (unpaired) electrons. The van der Waals surface area contributed by atoms with Crippen molar-refractivity contribution in [3.63, 3.8) is 0 Å². The van der Waals surface area contributed by atoms with Crippen molar-refractivity contribution in [2.45, 2.75) is 26.7 Å². The summed E-state index contributed by atoms with van der Waals surface area (Å²) in [6, 6.07) is 9.11. The Labute approximate surface area is 189 Å². The molecule has 0 aliphatic heterocycles. The molecule has 0 fully saturated rings. The van der Waals surface area contributed by atoms with Crippen LogP contribution in [0.4, 0.5) is 16.4 Å². The van der Waals surface area contributed by atoms with Crippen LogP contribution >= 0.6 is 11.3 Å². The first kappa shape index (κ1) is 21.6. The number of methoxy groups -OCH3 is 1. The molecule has 1 aromatic carbocycles. The SMILES string of the molecule is COc1cccc(-c2nc(NC(=O)NNc3cc(C(C)C)c4c(C)nn(C)c4n3)cs2)c1. The molecule has 32 heavy (non-hydrogen) atoms. The summed E-state index contributed by atoms with van der Waals surface area (Å²) < 4.78 is 7.00. The van der Waals surface area contributed by atoms with Gasteiger partial charge in [-0.2, -0.15) is 5.10 Å². The lowest BCUT2D eigenvalue weighted by Crippen LogP contribution is -2.34. The summed E-state index contributed by atoms with van der Waals surface area (Å²) in [5.41, 5.74) is 9.25. The Morgan fingerprint density at radius 3 is 2.75 bits per heavy atom. The Bertz CT molecular complexity index is 1280. The number of fused-ring (bicyclic) bond motifs is 1. The van der Waals surface area contributed by atoms with Crippen LogP contribution in [0.3, 0.4) is 0 Å². The molecule has 0 saturated heterocycles. The molecule has 0 spiro atoms. The summed E-state index contributed by atoms with van der Waals surface area (Å²) in [5, 5.41) is 10.8. The van der Waals surface area contributed by atoms with E-state index in [1.807, 2.05) is 44.3 Å². The number of amides is 2. The molecular formula is C22H25N7O2S. The Morgan fingerprint density at radius 2 is 2.00 bits per heavy atom. The number of aromatic nitrogens is 4. The van der Waals surface area contributed by atoms with E-state index < -0.39 is 6.03 Å². The first-order valence-corrected chi connectivity index (χ1v) is 11.0. The van der Waals surface area contributed by atoms with Gasteiger partial charge in [0.15, 0.2) is 5.65 Å². The molecule has 0 atom stereocenters. The van der Waals surface area contributed by atoms with Crippen LogP contribution in [0.2, 0.25) is 0 Å². The zero-order valence-electron chi connectivity index (χ0n) is 18.6. The average molecular weight is 452 g/mol. The number of urea groups is 1. The van der Waals surface area contributed by atoms with E-state index >= 15 is 0 Å². The minimum atomic E-state index is -0.443. The summed E-state index contributed by atoms with van der Waals surface area (Å²) in [6.45, 7) is 6.21. The van der Waals surface area contributed by atoms with Gasteiger partial charge in [0.25, 0.3) is 0 Å². The van der Waals surface area contributed by atoms with Gasteiger partial charge < -0.3 is 4.74 Å². The van der Waals surface area contributed by atoms with Crippen molar-refractivity contribution in [2.24, 2.45) is 7.05 Å². The van der Waals surface area contributed by atoms with Crippen LogP contribution in [0.15, 0.2) is 35.7 Å². The molecular weight excluding hydrogens is 426 g/mol. The molecule has 2 amide bonds. The van der Waals surface area contributed by atoms with E-state index in [-0.39, 0.29) is 5.92 Å². The smallest absolute Gasteiger partial charge is 0.339 e. The number of pyridine rings is 1. The molecule has 3 N–H and O–H groups in total. The zero-order chi connectivity index (χ0) is 22.8. The number of carbonyl (C=O) groups is 1. The van der Waals surface area contributed by atoms with Crippen molar-refractivity contribution in [3.8, 4) is 16.3 Å². The maximum Gasteiger partial charge on any atom is 0.339 e. The van der Waals surface area contributed by atoms with E-state index in [9.17, 15) is 4.79 Å². The highest BCUT2D eigenvalue weighted by Gasteiger charge is 2.16. The number of aryl methyl sites for hydroxylation is 2. The fourth-order valence-electron chi connectivity index (χ4n) is 3.49. The molecule has 0 unspecified atom stereocenters. The number of hydrogen-bond donors (Lipinski definition) is 3. The number of nitrogens with one attached hydrogen (secondary N) is 3. The molecule has 3 heterocycles. The van der Waals surface area contributed by atoms with Crippen molar-refractivity contribution in [1.29, 1.82) is 0 Å². The predicted molar refractivity (Wildman–Crippen MR) is 127 cm³/mol. The average Bonchev–Trinajstić information content (AvgIpc) is 3.36. The second-order valence-electron chi connectivity index (χ2n) is 7.63. The number of hydrogen-bond acceptors (Lipinski definition) is 7. The summed E-state index contributed by atoms with van der Waals surface area (Å²) in [4.78, 5) is 21.5. The second-order valence-corrected chi connectivity index (χ2v) is 8.49. The zero-order valence-corrected chi connectivity index (χ0v) is 19.4. The van der Waals surface area contributed by atoms with Gasteiger partial charge in [0.05, 0.1) is 12.8 Å². The summed E-state index contributed by atoms with van der Waals surface area (Å²) in [7, 11) is 3.48. The highest BCUT2D eigenvalue weighted by atomic mass is 32.1. The van der Waals surface area contributed by atoms with Crippen LogP contribution in [-0.2, 0) is 7.05 Å². The maximum absolute atomic E-state index is 12.4. The van der Waals surface area contributed by atoms with Crippen LogP contribution < -0.4 is 20.9 Å². The second kappa shape index (κ2) is 8.83. The van der Waals surface area contributed by atoms with Gasteiger partial charge in [-0.3, -0.25) is 15.4 Å². The van der Waals surface area contributed by atoms with Crippen molar-refractivity contribution >= 4 is 40.0 Å². The van der Waals surface area contributed by atoms with E-state index in [1.54, 1.807) is 17.2 Å². The number of thiazole rings is 1. The van der Waals surface area contributed by atoms with Crippen molar-refractivity contribution in [1.82, 2.24) is 25.2 Å². The number of benzene rings is 1. The maximum atomic E-state index is 12.4. The van der Waals surface area contributed by atoms with Gasteiger partial charge in [-0.25, -0.2) is 20.2 Å². The molecule has 0 aliphatic rings. The van der Waals surface area contributed by atoms with Gasteiger partial charge >= 0.3 is 6.03 Å². The Kier molecular flexibility index (Phi) is 5.95. The normalized spacial score (nSPS) is 11.1. The largest absolute Gasteiger partial charge is 0.497 e. The van der Waals surface area contributed by atoms with Crippen molar-refractivity contribution < 1.29 is 9.53 Å². The third kappa shape index (κ3) is 4.35. The Morgan fingerprint density at radius 1 is 1.19 bits per heavy atom. The Balaban J connectivity index is 1.45. The summed E-state index contributed by atoms with van der Waals surface area (Å²) in [5.74, 6) is 2.03. The third-order valence-electron chi connectivity index (χ3n) is 4.99. The summed E-state index contributed by atoms with van der Waals surface area (Å²) in [6.07, 6.45) is 0. The highest BCUT2D eigenvalue weighted by Crippen LogP contribution is 2.30. The van der Waals surface area contributed by atoms with Gasteiger partial charge in [0.1, 0.15) is 22.4 Å². The topological polar surface area (TPSA) is 106 Å². The Hall–Kier alpha value is -3.66. The fraction of sp³-hybridized carbons (Fsp3) is 0.273. The molecule has 10 heteroatoms. The lowest BCUT2D eigenvalue weighted by molar-refractivity contribution is 0.253. The molecule has 4 rings (SSSR count). The lowest BCUT2D eigenvalue weighted by Gasteiger charge is -2.13. The number of hydrazine groups is 1. The van der Waals surface area contributed by atoms with E-state index in [4.69, 9.17) is 4.74 Å². The van der Waals surface area contributed by atoms with E-state index in [1.165, 1.54) is 11.3 Å². The van der Waals surface area contributed by atoms with Crippen LogP contribution in [0.5, 0.6) is 5.75 Å². The number of anilines is 2. The first-order valence-electron chi connectivity index (χ1n) is 10.1. The van der Waals surface area contributed by atoms with Gasteiger partial charge in [-0.1, -0.05) is 26.0 Å². The number of rotatable bonds is 6. The predicted octanol–water partition coefficient (Wildman–Crippen LogP) is 4.68. The molecule has 0 bridgehead atoms. The molecule has 4 aromatic rings. The monoisotopic (exact) mass is 451 g/mol. The first-order chi connectivity index (χ1) is 15.4. The third-order valence-corrected chi connectivity index (χ3v) is 5.88. The summed E-state index contributed by atoms with van der Waals surface area (Å²) >= 11 is 1.44. The van der Waals surface area contributed by atoms with Gasteiger partial charge in [-0.05, 0) is 36.6 Å². The minimum Gasteiger partial charge on any atom is -0.497 e. The molecule has 0 saturated carbocycles. The van der Waals surface area contributed by atoms with E-state index in [0.29, 0.717) is 11.6 Å². The lowest BCUT2D eigenvalue weighted by atomic mass is 10.00. The molecule has 0 aliphatic carbocycles. The fourth-order valence-corrected chi connectivity index (χ4v) is 4.23. The van der Waals surface area contributed by atoms with Crippen LogP contribution in [0.1, 0.15) is 31.0 Å². The van der Waals surface area contributed by atoms with E-state index in [2.05, 4.69) is 45.1 Å². The van der Waals surface area contributed by atoms with Gasteiger partial charge in [0, 0.05) is 23.4 Å². The van der Waals surface area contributed by atoms with Crippen molar-refractivity contribution in [3.05, 3.63) is 47.0 Å². The quantitative estimate of drug-likeness (QED) is 0.368. The molecule has 9 nitrogen and oxygen atoms in total. The standard InChI is InChI=1S/C22H25N7O2S/c1-12(2)16-10-17(23-20-19(16)13(3)28-29(20)4)26-27-22(30)25-18-11-32-21(24-18)14-7-6-8-15(9-14)31-5/h6-12H,1-5H3,(H,23,26)(H2,25,27,30).